The van der Waals surface area contributed by atoms with Gasteiger partial charge in [0.15, 0.2) is 6.10 Å². The van der Waals surface area contributed by atoms with Gasteiger partial charge in [0.2, 0.25) is 0 Å². The molecule has 7 unspecified atom stereocenters. The van der Waals surface area contributed by atoms with Crippen molar-refractivity contribution in [2.75, 3.05) is 13.2 Å². The zero-order valence-electron chi connectivity index (χ0n) is 40.1. The molecule has 1 rings (SSSR count). The highest BCUT2D eigenvalue weighted by Gasteiger charge is 2.51. The fraction of sp³-hybridized carbons (Fsp3) is 0.880. The van der Waals surface area contributed by atoms with Crippen LogP contribution in [-0.2, 0) is 32.7 Å². The van der Waals surface area contributed by atoms with E-state index in [4.69, 9.17) is 18.5 Å². The standard InChI is InChI=1S/C50H93O13P/c1-3-5-7-9-11-13-15-17-18-19-20-21-22-23-24-25-27-28-30-32-34-36-38-43(51)60-40-42(41-61-64(58,59)63-50-48(56)46(54)45(53)47(55)49(50)57)62-44(52)39-37-35-33-31-29-26-16-14-12-10-8-6-4-2/h26,29,33,35,42,45-50,53-57H,3-25,27-28,30-32,34,36-41H2,1-2H3,(H,58,59)/b29-26+,35-33+/t42?,45?,46-,47?,48?,49?,50?/m0/s1. The Bertz CT molecular complexity index is 1220. The minimum atomic E-state index is -5.13. The Balaban J connectivity index is 2.37. The maximum Gasteiger partial charge on any atom is 0.472 e. The predicted molar refractivity (Wildman–Crippen MR) is 254 cm³/mol. The molecule has 8 atom stereocenters. The Morgan fingerprint density at radius 3 is 1.33 bits per heavy atom. The van der Waals surface area contributed by atoms with Gasteiger partial charge in [-0.1, -0.05) is 205 Å². The summed E-state index contributed by atoms with van der Waals surface area (Å²) >= 11 is 0. The lowest BCUT2D eigenvalue weighted by Gasteiger charge is -2.41. The zero-order valence-corrected chi connectivity index (χ0v) is 41.0. The summed E-state index contributed by atoms with van der Waals surface area (Å²) in [6.07, 6.45) is 32.6. The molecule has 376 valence electrons. The second-order valence-electron chi connectivity index (χ2n) is 18.0. The number of carbonyl (C=O) groups is 2. The second-order valence-corrected chi connectivity index (χ2v) is 19.4. The van der Waals surface area contributed by atoms with E-state index in [0.717, 1.165) is 32.1 Å². The van der Waals surface area contributed by atoms with Crippen LogP contribution in [0.5, 0.6) is 0 Å². The smallest absolute Gasteiger partial charge is 0.462 e. The summed E-state index contributed by atoms with van der Waals surface area (Å²) in [4.78, 5) is 35.7. The van der Waals surface area contributed by atoms with Crippen molar-refractivity contribution in [3.63, 3.8) is 0 Å². The predicted octanol–water partition coefficient (Wildman–Crippen LogP) is 10.8. The molecular formula is C50H93O13P. The largest absolute Gasteiger partial charge is 0.472 e. The van der Waals surface area contributed by atoms with Crippen LogP contribution in [0.4, 0.5) is 0 Å². The number of allylic oxidation sites excluding steroid dienone is 4. The topological polar surface area (TPSA) is 210 Å². The monoisotopic (exact) mass is 933 g/mol. The van der Waals surface area contributed by atoms with Crippen LogP contribution < -0.4 is 0 Å². The molecule has 0 spiro atoms. The van der Waals surface area contributed by atoms with Crippen molar-refractivity contribution >= 4 is 19.8 Å². The Kier molecular flexibility index (Phi) is 38.1. The highest BCUT2D eigenvalue weighted by Crippen LogP contribution is 2.47. The molecular weight excluding hydrogens is 840 g/mol. The van der Waals surface area contributed by atoms with Crippen molar-refractivity contribution in [2.45, 2.75) is 268 Å². The van der Waals surface area contributed by atoms with E-state index in [1.807, 2.05) is 12.2 Å². The van der Waals surface area contributed by atoms with Crippen molar-refractivity contribution in [3.8, 4) is 0 Å². The molecule has 1 aliphatic rings. The molecule has 0 aliphatic heterocycles. The fourth-order valence-electron chi connectivity index (χ4n) is 7.93. The van der Waals surface area contributed by atoms with E-state index >= 15 is 0 Å². The molecule has 0 heterocycles. The summed E-state index contributed by atoms with van der Waals surface area (Å²) in [5, 5.41) is 50.2. The molecule has 0 bridgehead atoms. The number of unbranched alkanes of at least 4 members (excludes halogenated alkanes) is 27. The normalized spacial score (nSPS) is 21.7. The number of ether oxygens (including phenoxy) is 2. The van der Waals surface area contributed by atoms with Gasteiger partial charge in [-0.3, -0.25) is 18.6 Å². The summed E-state index contributed by atoms with van der Waals surface area (Å²) in [6, 6.07) is 0. The summed E-state index contributed by atoms with van der Waals surface area (Å²) in [6.45, 7) is 3.27. The minimum absolute atomic E-state index is 0.00621. The third-order valence-corrected chi connectivity index (χ3v) is 13.0. The molecule has 14 heteroatoms. The Hall–Kier alpha value is -1.67. The molecule has 64 heavy (non-hydrogen) atoms. The van der Waals surface area contributed by atoms with E-state index in [9.17, 15) is 44.6 Å². The SMILES string of the molecule is CCCCCCCC/C=C/C/C=C/CCC(=O)OC(COC(=O)CCCCCCCCCCCCCCCCCCCCCCCC)COP(=O)(O)OC1C(O)C(O)C(O)[C@H](O)C1O. The fourth-order valence-corrected chi connectivity index (χ4v) is 8.90. The molecule has 1 aliphatic carbocycles. The molecule has 0 aromatic heterocycles. The molecule has 0 aromatic carbocycles. The third kappa shape index (κ3) is 32.1. The number of aliphatic hydroxyl groups excluding tert-OH is 5. The number of hydrogen-bond acceptors (Lipinski definition) is 12. The molecule has 0 radical (unpaired) electrons. The molecule has 0 amide bonds. The number of hydrogen-bond donors (Lipinski definition) is 6. The molecule has 0 saturated heterocycles. The third-order valence-electron chi connectivity index (χ3n) is 12.1. The first kappa shape index (κ1) is 60.3. The first-order chi connectivity index (χ1) is 30.9. The first-order valence-electron chi connectivity index (χ1n) is 25.6. The Labute approximate surface area is 387 Å². The van der Waals surface area contributed by atoms with Crippen LogP contribution in [0.25, 0.3) is 0 Å². The van der Waals surface area contributed by atoms with Gasteiger partial charge in [0.25, 0.3) is 0 Å². The average molecular weight is 933 g/mol. The van der Waals surface area contributed by atoms with Crippen LogP contribution >= 0.6 is 7.82 Å². The lowest BCUT2D eigenvalue weighted by Crippen LogP contribution is -2.64. The van der Waals surface area contributed by atoms with Gasteiger partial charge in [-0.25, -0.2) is 4.57 Å². The average Bonchev–Trinajstić information content (AvgIpc) is 3.28. The van der Waals surface area contributed by atoms with Gasteiger partial charge in [-0.2, -0.15) is 0 Å². The van der Waals surface area contributed by atoms with Gasteiger partial charge in [0, 0.05) is 12.8 Å². The number of carbonyl (C=O) groups excluding carboxylic acids is 2. The van der Waals surface area contributed by atoms with E-state index in [0.29, 0.717) is 12.8 Å². The van der Waals surface area contributed by atoms with Crippen LogP contribution in [0.2, 0.25) is 0 Å². The number of esters is 2. The van der Waals surface area contributed by atoms with E-state index in [-0.39, 0.29) is 12.8 Å². The lowest BCUT2D eigenvalue weighted by molar-refractivity contribution is -0.220. The summed E-state index contributed by atoms with van der Waals surface area (Å²) in [5.41, 5.74) is 0. The van der Waals surface area contributed by atoms with E-state index in [2.05, 4.69) is 26.0 Å². The molecule has 0 aromatic rings. The maximum absolute atomic E-state index is 12.8. The summed E-state index contributed by atoms with van der Waals surface area (Å²) in [7, 11) is -5.13. The van der Waals surface area contributed by atoms with Crippen molar-refractivity contribution in [3.05, 3.63) is 24.3 Å². The Morgan fingerprint density at radius 2 is 0.875 bits per heavy atom. The number of rotatable bonds is 43. The van der Waals surface area contributed by atoms with Crippen molar-refractivity contribution in [1.29, 1.82) is 0 Å². The Morgan fingerprint density at radius 1 is 0.484 bits per heavy atom. The van der Waals surface area contributed by atoms with Gasteiger partial charge in [0.1, 0.15) is 43.2 Å². The van der Waals surface area contributed by atoms with Crippen molar-refractivity contribution < 1.29 is 63.1 Å². The highest BCUT2D eigenvalue weighted by atomic mass is 31.2. The number of phosphoric acid groups is 1. The van der Waals surface area contributed by atoms with Gasteiger partial charge in [-0.15, -0.1) is 0 Å². The van der Waals surface area contributed by atoms with Gasteiger partial charge < -0.3 is 39.9 Å². The van der Waals surface area contributed by atoms with E-state index in [1.54, 1.807) is 0 Å². The lowest BCUT2D eigenvalue weighted by atomic mass is 9.85. The molecule has 13 nitrogen and oxygen atoms in total. The second kappa shape index (κ2) is 40.4. The summed E-state index contributed by atoms with van der Waals surface area (Å²) < 4.78 is 33.5. The van der Waals surface area contributed by atoms with Crippen LogP contribution in [0.15, 0.2) is 24.3 Å². The van der Waals surface area contributed by atoms with Crippen molar-refractivity contribution in [2.24, 2.45) is 0 Å². The molecule has 1 saturated carbocycles. The van der Waals surface area contributed by atoms with Crippen LogP contribution in [0.3, 0.4) is 0 Å². The van der Waals surface area contributed by atoms with Crippen LogP contribution in [0.1, 0.15) is 226 Å². The first-order valence-corrected chi connectivity index (χ1v) is 27.1. The quantitative estimate of drug-likeness (QED) is 0.0146. The van der Waals surface area contributed by atoms with E-state index < -0.39 is 75.7 Å². The maximum atomic E-state index is 12.8. The molecule has 6 N–H and O–H groups in total. The summed E-state index contributed by atoms with van der Waals surface area (Å²) in [5.74, 6) is -1.17. The van der Waals surface area contributed by atoms with Gasteiger partial charge >= 0.3 is 19.8 Å². The van der Waals surface area contributed by atoms with Crippen LogP contribution in [-0.4, -0.2) is 98.3 Å². The zero-order chi connectivity index (χ0) is 47.1. The number of phosphoric ester groups is 1. The van der Waals surface area contributed by atoms with Gasteiger partial charge in [-0.05, 0) is 32.1 Å². The van der Waals surface area contributed by atoms with Crippen molar-refractivity contribution in [1.82, 2.24) is 0 Å². The van der Waals surface area contributed by atoms with E-state index in [1.165, 1.54) is 154 Å². The van der Waals surface area contributed by atoms with Gasteiger partial charge in [0.05, 0.1) is 6.61 Å². The molecule has 1 fully saturated rings. The highest BCUT2D eigenvalue weighted by molar-refractivity contribution is 7.47. The number of aliphatic hydroxyl groups is 5. The van der Waals surface area contributed by atoms with Crippen LogP contribution in [0, 0.1) is 0 Å². The minimum Gasteiger partial charge on any atom is -0.462 e.